The first kappa shape index (κ1) is 32.6. The molecule has 2 rings (SSSR count). The van der Waals surface area contributed by atoms with Crippen LogP contribution in [0.5, 0.6) is 11.5 Å². The van der Waals surface area contributed by atoms with E-state index in [0.717, 1.165) is 6.42 Å². The Hall–Kier alpha value is -3.66. The molecule has 3 atom stereocenters. The van der Waals surface area contributed by atoms with Crippen LogP contribution in [0, 0.1) is 5.92 Å². The lowest BCUT2D eigenvalue weighted by Crippen LogP contribution is -2.44. The Morgan fingerprint density at radius 2 is 1.75 bits per heavy atom. The van der Waals surface area contributed by atoms with Crippen LogP contribution in [0.2, 0.25) is 0 Å². The second kappa shape index (κ2) is 17.1. The van der Waals surface area contributed by atoms with Crippen LogP contribution in [0.1, 0.15) is 69.9 Å². The summed E-state index contributed by atoms with van der Waals surface area (Å²) in [5.74, 6) is -1.24. The number of nitrogens with one attached hydrogen (secondary N) is 1. The highest BCUT2D eigenvalue weighted by atomic mass is 16.7. The van der Waals surface area contributed by atoms with Crippen molar-refractivity contribution in [1.29, 1.82) is 0 Å². The molecule has 1 amide bonds. The van der Waals surface area contributed by atoms with Crippen LogP contribution in [-0.2, 0) is 30.2 Å². The lowest BCUT2D eigenvalue weighted by molar-refractivity contribution is -0.159. The summed E-state index contributed by atoms with van der Waals surface area (Å²) in [5, 5.41) is 2.72. The average Bonchev–Trinajstić information content (AvgIpc) is 2.92. The molecule has 0 bridgehead atoms. The quantitative estimate of drug-likeness (QED) is 0.221. The minimum Gasteiger partial charge on any atom is -0.493 e. The Morgan fingerprint density at radius 1 is 1.02 bits per heavy atom. The summed E-state index contributed by atoms with van der Waals surface area (Å²) in [6.45, 7) is 9.18. The third-order valence-corrected chi connectivity index (χ3v) is 5.97. The lowest BCUT2D eigenvalue weighted by atomic mass is 10.0. The third-order valence-electron chi connectivity index (χ3n) is 5.97. The molecule has 0 spiro atoms. The van der Waals surface area contributed by atoms with Gasteiger partial charge in [0, 0.05) is 25.8 Å². The number of aryl methyl sites for hydroxylation is 1. The molecule has 1 N–H and O–H groups in total. The van der Waals surface area contributed by atoms with Crippen molar-refractivity contribution in [3.05, 3.63) is 53.9 Å². The first-order valence-electron chi connectivity index (χ1n) is 13.6. The van der Waals surface area contributed by atoms with Crippen molar-refractivity contribution in [3.63, 3.8) is 0 Å². The van der Waals surface area contributed by atoms with Crippen LogP contribution >= 0.6 is 0 Å². The van der Waals surface area contributed by atoms with Crippen molar-refractivity contribution < 1.29 is 38.1 Å². The molecule has 40 heavy (non-hydrogen) atoms. The van der Waals surface area contributed by atoms with Crippen molar-refractivity contribution in [2.24, 2.45) is 5.92 Å². The molecule has 0 unspecified atom stereocenters. The second-order valence-corrected chi connectivity index (χ2v) is 9.84. The van der Waals surface area contributed by atoms with E-state index < -0.39 is 36.8 Å². The lowest BCUT2D eigenvalue weighted by Gasteiger charge is -2.27. The summed E-state index contributed by atoms with van der Waals surface area (Å²) in [6, 6.07) is 10.6. The number of nitrogens with zero attached hydrogens (tertiary/aromatic N) is 1. The minimum absolute atomic E-state index is 0.0104. The van der Waals surface area contributed by atoms with Gasteiger partial charge in [0.25, 0.3) is 5.91 Å². The number of amides is 1. The smallest absolute Gasteiger partial charge is 0.329 e. The predicted molar refractivity (Wildman–Crippen MR) is 149 cm³/mol. The normalized spacial score (nSPS) is 13.2. The van der Waals surface area contributed by atoms with Gasteiger partial charge in [-0.05, 0) is 37.7 Å². The van der Waals surface area contributed by atoms with Crippen LogP contribution < -0.4 is 14.8 Å². The van der Waals surface area contributed by atoms with Crippen molar-refractivity contribution in [1.82, 2.24) is 10.3 Å². The molecule has 2 aromatic rings. The Kier molecular flexibility index (Phi) is 13.9. The summed E-state index contributed by atoms with van der Waals surface area (Å²) in [4.78, 5) is 41.7. The number of hydrogen-bond acceptors (Lipinski definition) is 9. The van der Waals surface area contributed by atoms with Gasteiger partial charge in [0.15, 0.2) is 17.2 Å². The fraction of sp³-hybridized carbons (Fsp3) is 0.533. The van der Waals surface area contributed by atoms with Gasteiger partial charge in [0.2, 0.25) is 6.79 Å². The molecule has 0 saturated heterocycles. The Balaban J connectivity index is 2.13. The maximum absolute atomic E-state index is 13.3. The average molecular weight is 559 g/mol. The largest absolute Gasteiger partial charge is 0.493 e. The van der Waals surface area contributed by atoms with E-state index in [4.69, 9.17) is 23.7 Å². The Labute approximate surface area is 236 Å². The standard InChI is InChI=1S/C30H42N2O8/c1-7-11-24(32-29(34)27-28(39-19-38-22(5)33)26(36-6)16-17-31-27)30(35)40-21(4)25(37-18-20(2)3)15-14-23-12-9-8-10-13-23/h8-10,12-13,16-17,20-21,24-25H,7,11,14-15,18-19H2,1-6H3,(H,32,34)/t21-,24-,25+/m0/s1. The molecular weight excluding hydrogens is 516 g/mol. The molecule has 10 nitrogen and oxygen atoms in total. The molecule has 1 aromatic carbocycles. The molecule has 0 fully saturated rings. The Morgan fingerprint density at radius 3 is 2.38 bits per heavy atom. The van der Waals surface area contributed by atoms with E-state index in [1.807, 2.05) is 32.0 Å². The third kappa shape index (κ3) is 10.8. The molecule has 0 radical (unpaired) electrons. The summed E-state index contributed by atoms with van der Waals surface area (Å²) in [6.07, 6.45) is 2.95. The molecule has 0 saturated carbocycles. The number of ether oxygens (including phenoxy) is 5. The van der Waals surface area contributed by atoms with E-state index in [1.54, 1.807) is 0 Å². The van der Waals surface area contributed by atoms with Crippen LogP contribution in [-0.4, -0.2) is 61.6 Å². The summed E-state index contributed by atoms with van der Waals surface area (Å²) >= 11 is 0. The first-order valence-corrected chi connectivity index (χ1v) is 13.6. The van der Waals surface area contributed by atoms with E-state index in [0.29, 0.717) is 31.8 Å². The van der Waals surface area contributed by atoms with Crippen LogP contribution in [0.25, 0.3) is 0 Å². The number of carbonyl (C=O) groups is 3. The number of hydrogen-bond donors (Lipinski definition) is 1. The zero-order valence-corrected chi connectivity index (χ0v) is 24.3. The van der Waals surface area contributed by atoms with Gasteiger partial charge in [-0.3, -0.25) is 9.59 Å². The van der Waals surface area contributed by atoms with Crippen LogP contribution in [0.15, 0.2) is 42.6 Å². The van der Waals surface area contributed by atoms with Crippen molar-refractivity contribution >= 4 is 17.8 Å². The highest BCUT2D eigenvalue weighted by Crippen LogP contribution is 2.29. The highest BCUT2D eigenvalue weighted by Gasteiger charge is 2.29. The number of aromatic nitrogens is 1. The monoisotopic (exact) mass is 558 g/mol. The van der Waals surface area contributed by atoms with E-state index in [1.165, 1.54) is 31.9 Å². The zero-order valence-electron chi connectivity index (χ0n) is 24.3. The number of pyridine rings is 1. The van der Waals surface area contributed by atoms with Gasteiger partial charge in [0.05, 0.1) is 13.2 Å². The van der Waals surface area contributed by atoms with Crippen LogP contribution in [0.3, 0.4) is 0 Å². The van der Waals surface area contributed by atoms with Crippen molar-refractivity contribution in [3.8, 4) is 11.5 Å². The van der Waals surface area contributed by atoms with Gasteiger partial charge in [-0.15, -0.1) is 0 Å². The van der Waals surface area contributed by atoms with E-state index in [-0.39, 0.29) is 23.3 Å². The zero-order chi connectivity index (χ0) is 29.5. The second-order valence-electron chi connectivity index (χ2n) is 9.84. The summed E-state index contributed by atoms with van der Waals surface area (Å²) < 4.78 is 27.5. The van der Waals surface area contributed by atoms with Gasteiger partial charge in [-0.1, -0.05) is 57.5 Å². The molecule has 1 heterocycles. The van der Waals surface area contributed by atoms with Gasteiger partial charge in [0.1, 0.15) is 12.1 Å². The molecular formula is C30H42N2O8. The number of rotatable bonds is 17. The van der Waals surface area contributed by atoms with Gasteiger partial charge in [-0.25, -0.2) is 9.78 Å². The van der Waals surface area contributed by atoms with Crippen molar-refractivity contribution in [2.45, 2.75) is 78.6 Å². The van der Waals surface area contributed by atoms with Gasteiger partial charge < -0.3 is 29.0 Å². The fourth-order valence-electron chi connectivity index (χ4n) is 3.89. The van der Waals surface area contributed by atoms with E-state index >= 15 is 0 Å². The first-order chi connectivity index (χ1) is 19.2. The SMILES string of the molecule is CCC[C@H](NC(=O)c1nccc(OC)c1OCOC(C)=O)C(=O)O[C@@H](C)[C@@H](CCc1ccccc1)OCC(C)C. The fourth-order valence-corrected chi connectivity index (χ4v) is 3.89. The van der Waals surface area contributed by atoms with Gasteiger partial charge in [-0.2, -0.15) is 0 Å². The molecule has 0 aliphatic heterocycles. The van der Waals surface area contributed by atoms with E-state index in [2.05, 4.69) is 36.3 Å². The van der Waals surface area contributed by atoms with Crippen molar-refractivity contribution in [2.75, 3.05) is 20.5 Å². The topological polar surface area (TPSA) is 122 Å². The van der Waals surface area contributed by atoms with Gasteiger partial charge >= 0.3 is 11.9 Å². The molecule has 220 valence electrons. The summed E-state index contributed by atoms with van der Waals surface area (Å²) in [7, 11) is 1.41. The predicted octanol–water partition coefficient (Wildman–Crippen LogP) is 4.49. The maximum atomic E-state index is 13.3. The Bertz CT molecular complexity index is 1080. The molecule has 1 aromatic heterocycles. The number of methoxy groups -OCH3 is 1. The van der Waals surface area contributed by atoms with E-state index in [9.17, 15) is 14.4 Å². The number of carbonyl (C=O) groups excluding carboxylic acids is 3. The summed E-state index contributed by atoms with van der Waals surface area (Å²) in [5.41, 5.74) is 1.06. The number of benzene rings is 1. The minimum atomic E-state index is -0.922. The highest BCUT2D eigenvalue weighted by molar-refractivity contribution is 5.98. The maximum Gasteiger partial charge on any atom is 0.329 e. The van der Waals surface area contributed by atoms with Crippen LogP contribution in [0.4, 0.5) is 0 Å². The molecule has 0 aliphatic carbocycles. The molecule has 10 heteroatoms. The molecule has 0 aliphatic rings. The number of esters is 2.